The molecule has 3 amide bonds. The van der Waals surface area contributed by atoms with Crippen LogP contribution < -0.4 is 4.90 Å². The van der Waals surface area contributed by atoms with E-state index in [2.05, 4.69) is 10.2 Å². The summed E-state index contributed by atoms with van der Waals surface area (Å²) in [7, 11) is 1.88. The lowest BCUT2D eigenvalue weighted by atomic mass is 9.76. The van der Waals surface area contributed by atoms with Gasteiger partial charge in [-0.15, -0.1) is 22.0 Å². The second kappa shape index (κ2) is 17.1. The number of likely N-dealkylation sites (tertiary alicyclic amines) is 1. The zero-order valence-corrected chi connectivity index (χ0v) is 33.2. The van der Waals surface area contributed by atoms with Crippen LogP contribution in [0.5, 0.6) is 0 Å². The van der Waals surface area contributed by atoms with Crippen LogP contribution in [-0.4, -0.2) is 92.0 Å². The predicted molar refractivity (Wildman–Crippen MR) is 203 cm³/mol. The number of piperidine rings is 1. The molecular weight excluding hydrogens is 732 g/mol. The van der Waals surface area contributed by atoms with Crippen molar-refractivity contribution in [3.8, 4) is 0 Å². The van der Waals surface area contributed by atoms with Gasteiger partial charge in [-0.25, -0.2) is 4.98 Å². The maximum atomic E-state index is 14.9. The molecule has 6 rings (SSSR count). The number of rotatable bonds is 16. The second-order valence-corrected chi connectivity index (χ2v) is 16.7. The Morgan fingerprint density at radius 3 is 2.40 bits per heavy atom. The Labute approximate surface area is 325 Å². The maximum absolute atomic E-state index is 14.9. The minimum Gasteiger partial charge on any atom is -0.379 e. The number of quaternary nitrogens is 1. The molecule has 15 heteroatoms. The second-order valence-electron chi connectivity index (χ2n) is 15.4. The number of amides is 3. The number of pyridine rings is 1. The van der Waals surface area contributed by atoms with E-state index in [1.165, 1.54) is 34.6 Å². The Balaban J connectivity index is 1.23. The molecule has 298 valence electrons. The van der Waals surface area contributed by atoms with Crippen LogP contribution in [-0.2, 0) is 52.5 Å². The van der Waals surface area contributed by atoms with Crippen molar-refractivity contribution in [1.82, 2.24) is 24.6 Å². The SMILES string of the molecule is CCSc1cc(C2(Cc3nncn3C)COC2)cc(N2Cc3c(cc(C[N+]4(CCCCCCN(C(C)=O)C(=O)CC)CCCCC4)cc3C(F)(F)F)C2=O)n1. The van der Waals surface area contributed by atoms with Crippen molar-refractivity contribution in [2.24, 2.45) is 7.05 Å². The van der Waals surface area contributed by atoms with Crippen molar-refractivity contribution in [3.63, 3.8) is 0 Å². The fourth-order valence-electron chi connectivity index (χ4n) is 8.39. The first-order valence-corrected chi connectivity index (χ1v) is 20.5. The zero-order valence-electron chi connectivity index (χ0n) is 32.4. The number of aromatic nitrogens is 4. The number of benzene rings is 1. The number of nitrogens with zero attached hydrogens (tertiary/aromatic N) is 7. The van der Waals surface area contributed by atoms with Gasteiger partial charge in [-0.1, -0.05) is 20.3 Å². The molecule has 0 radical (unpaired) electrons. The van der Waals surface area contributed by atoms with E-state index >= 15 is 0 Å². The number of fused-ring (bicyclic) bond motifs is 1. The Morgan fingerprint density at radius 1 is 1.04 bits per heavy atom. The third kappa shape index (κ3) is 9.09. The molecule has 3 aromatic rings. The molecule has 0 aliphatic carbocycles. The number of aryl methyl sites for hydroxylation is 1. The predicted octanol–water partition coefficient (Wildman–Crippen LogP) is 6.86. The highest BCUT2D eigenvalue weighted by molar-refractivity contribution is 7.99. The number of alkyl halides is 3. The van der Waals surface area contributed by atoms with Crippen molar-refractivity contribution in [2.75, 3.05) is 50.0 Å². The molecule has 2 saturated heterocycles. The summed E-state index contributed by atoms with van der Waals surface area (Å²) >= 11 is 1.52. The molecule has 2 fully saturated rings. The van der Waals surface area contributed by atoms with Gasteiger partial charge in [-0.3, -0.25) is 24.2 Å². The Kier molecular flexibility index (Phi) is 12.7. The quantitative estimate of drug-likeness (QED) is 0.0881. The summed E-state index contributed by atoms with van der Waals surface area (Å²) in [6.07, 6.45) is 4.28. The fourth-order valence-corrected chi connectivity index (χ4v) is 9.06. The van der Waals surface area contributed by atoms with E-state index in [0.29, 0.717) is 53.6 Å². The third-order valence-electron chi connectivity index (χ3n) is 11.5. The molecule has 55 heavy (non-hydrogen) atoms. The first kappa shape index (κ1) is 40.8. The average Bonchev–Trinajstić information content (AvgIpc) is 3.69. The molecule has 3 aliphatic rings. The molecule has 2 aromatic heterocycles. The summed E-state index contributed by atoms with van der Waals surface area (Å²) in [6.45, 7) is 9.20. The molecular formula is C40H53F3N7O4S+. The van der Waals surface area contributed by atoms with E-state index in [1.54, 1.807) is 19.3 Å². The highest BCUT2D eigenvalue weighted by Crippen LogP contribution is 2.43. The highest BCUT2D eigenvalue weighted by atomic mass is 32.2. The van der Waals surface area contributed by atoms with Crippen molar-refractivity contribution in [2.45, 2.75) is 108 Å². The number of hydrogen-bond acceptors (Lipinski definition) is 8. The van der Waals surface area contributed by atoms with Gasteiger partial charge in [-0.05, 0) is 79.7 Å². The van der Waals surface area contributed by atoms with E-state index in [0.717, 1.165) is 81.7 Å². The van der Waals surface area contributed by atoms with Crippen LogP contribution in [0.3, 0.4) is 0 Å². The van der Waals surface area contributed by atoms with Gasteiger partial charge in [0.15, 0.2) is 0 Å². The van der Waals surface area contributed by atoms with Gasteiger partial charge < -0.3 is 13.8 Å². The topological polar surface area (TPSA) is 111 Å². The number of carbonyl (C=O) groups is 3. The highest BCUT2D eigenvalue weighted by Gasteiger charge is 2.45. The van der Waals surface area contributed by atoms with E-state index in [-0.39, 0.29) is 35.9 Å². The smallest absolute Gasteiger partial charge is 0.379 e. The van der Waals surface area contributed by atoms with Gasteiger partial charge in [-0.2, -0.15) is 13.2 Å². The van der Waals surface area contributed by atoms with E-state index < -0.39 is 23.1 Å². The molecule has 0 atom stereocenters. The van der Waals surface area contributed by atoms with Crippen LogP contribution in [0.25, 0.3) is 0 Å². The number of thioether (sulfide) groups is 1. The van der Waals surface area contributed by atoms with Gasteiger partial charge in [0.25, 0.3) is 5.91 Å². The minimum atomic E-state index is -4.64. The van der Waals surface area contributed by atoms with Crippen LogP contribution >= 0.6 is 11.8 Å². The largest absolute Gasteiger partial charge is 0.416 e. The summed E-state index contributed by atoms with van der Waals surface area (Å²) in [5.41, 5.74) is 0.325. The lowest BCUT2D eigenvalue weighted by Crippen LogP contribution is -2.51. The zero-order chi connectivity index (χ0) is 39.4. The molecule has 0 saturated carbocycles. The molecule has 1 aromatic carbocycles. The Bertz CT molecular complexity index is 1870. The van der Waals surface area contributed by atoms with Gasteiger partial charge in [0.05, 0.1) is 50.0 Å². The number of imide groups is 1. The lowest BCUT2D eigenvalue weighted by molar-refractivity contribution is -0.945. The summed E-state index contributed by atoms with van der Waals surface area (Å²) in [6, 6.07) is 6.81. The summed E-state index contributed by atoms with van der Waals surface area (Å²) in [5, 5.41) is 9.01. The minimum absolute atomic E-state index is 0.00900. The van der Waals surface area contributed by atoms with E-state index in [4.69, 9.17) is 9.72 Å². The normalized spacial score (nSPS) is 17.6. The van der Waals surface area contributed by atoms with Crippen molar-refractivity contribution < 1.29 is 36.8 Å². The number of hydrogen-bond donors (Lipinski definition) is 0. The molecule has 5 heterocycles. The van der Waals surface area contributed by atoms with Gasteiger partial charge >= 0.3 is 6.18 Å². The van der Waals surface area contributed by atoms with Crippen LogP contribution in [0.2, 0.25) is 0 Å². The average molecular weight is 785 g/mol. The number of carbonyl (C=O) groups excluding carboxylic acids is 3. The van der Waals surface area contributed by atoms with E-state index in [9.17, 15) is 27.6 Å². The maximum Gasteiger partial charge on any atom is 0.416 e. The van der Waals surface area contributed by atoms with Gasteiger partial charge in [0.1, 0.15) is 24.5 Å². The summed E-state index contributed by atoms with van der Waals surface area (Å²) < 4.78 is 52.9. The Hall–Kier alpha value is -3.82. The molecule has 0 unspecified atom stereocenters. The van der Waals surface area contributed by atoms with Crippen LogP contribution in [0.15, 0.2) is 35.6 Å². The van der Waals surface area contributed by atoms with Crippen molar-refractivity contribution in [3.05, 3.63) is 64.2 Å². The number of halogens is 3. The van der Waals surface area contributed by atoms with Gasteiger partial charge in [0, 0.05) is 49.9 Å². The Morgan fingerprint density at radius 2 is 1.78 bits per heavy atom. The van der Waals surface area contributed by atoms with Crippen molar-refractivity contribution >= 4 is 35.3 Å². The van der Waals surface area contributed by atoms with Gasteiger partial charge in [0.2, 0.25) is 11.8 Å². The van der Waals surface area contributed by atoms with Crippen LogP contribution in [0, 0.1) is 0 Å². The van der Waals surface area contributed by atoms with Crippen molar-refractivity contribution in [1.29, 1.82) is 0 Å². The van der Waals surface area contributed by atoms with Crippen LogP contribution in [0.4, 0.5) is 19.0 Å². The molecule has 0 spiro atoms. The lowest BCUT2D eigenvalue weighted by Gasteiger charge is -2.42. The number of ether oxygens (including phenoxy) is 1. The molecule has 0 bridgehead atoms. The molecule has 11 nitrogen and oxygen atoms in total. The monoisotopic (exact) mass is 784 g/mol. The third-order valence-corrected chi connectivity index (χ3v) is 12.3. The standard InChI is InChI=1S/C40H53F3N7O4S/c1-5-37(52)48(28(3)51)14-10-7-8-11-15-50(16-12-9-13-17-50)24-29-18-31-32(33(19-29)40(41,42)43)23-49(38(31)53)34-20-30(21-36(45-34)55-6-2)39(25-54-26-39)22-35-46-44-27-47(35)4/h18-21,27H,5-17,22-26H2,1-4H3/q+1. The van der Waals surface area contributed by atoms with Crippen LogP contribution in [0.1, 0.15) is 111 Å². The summed E-state index contributed by atoms with van der Waals surface area (Å²) in [5.74, 6) is 0.966. The first-order chi connectivity index (χ1) is 26.3. The first-order valence-electron chi connectivity index (χ1n) is 19.5. The summed E-state index contributed by atoms with van der Waals surface area (Å²) in [4.78, 5) is 45.8. The number of unbranched alkanes of at least 4 members (excludes halogenated alkanes) is 3. The molecule has 0 N–H and O–H groups in total. The van der Waals surface area contributed by atoms with E-state index in [1.807, 2.05) is 30.7 Å². The fraction of sp³-hybridized carbons (Fsp3) is 0.600. The molecule has 3 aliphatic heterocycles. The number of anilines is 1.